The van der Waals surface area contributed by atoms with Gasteiger partial charge in [-0.15, -0.1) is 0 Å². The molecule has 0 spiro atoms. The van der Waals surface area contributed by atoms with Gasteiger partial charge in [-0.3, -0.25) is 0 Å². The highest BCUT2D eigenvalue weighted by Crippen LogP contribution is 2.15. The molecule has 4 heteroatoms. The number of aliphatic carboxylic acids is 1. The van der Waals surface area contributed by atoms with Gasteiger partial charge in [0.2, 0.25) is 0 Å². The number of carbonyl (C=O) groups excluding carboxylic acids is 1. The predicted molar refractivity (Wildman–Crippen MR) is 46.7 cm³/mol. The van der Waals surface area contributed by atoms with E-state index in [4.69, 9.17) is 11.6 Å². The zero-order valence-corrected chi connectivity index (χ0v) is 7.75. The Kier molecular flexibility index (Phi) is 3.28. The lowest BCUT2D eigenvalue weighted by molar-refractivity contribution is -0.430. The number of carbonyl (C=O) groups is 1. The standard InChI is InChI=1S/C9H10ClNO2/c10-7-3-1-6(2-4-7)8(11)5-9(12)13/h1-4,8H,5,11H2,(H,12,13)/t8-/m1/s1. The molecule has 1 atom stereocenters. The van der Waals surface area contributed by atoms with Gasteiger partial charge in [-0.05, 0) is 12.1 Å². The predicted octanol–water partition coefficient (Wildman–Crippen LogP) is -0.237. The largest absolute Gasteiger partial charge is 0.550 e. The van der Waals surface area contributed by atoms with Crippen LogP contribution in [0.15, 0.2) is 24.3 Å². The number of halogens is 1. The lowest BCUT2D eigenvalue weighted by atomic mass is 10.1. The van der Waals surface area contributed by atoms with E-state index in [1.165, 1.54) is 0 Å². The molecule has 0 amide bonds. The van der Waals surface area contributed by atoms with Gasteiger partial charge in [-0.1, -0.05) is 23.7 Å². The van der Waals surface area contributed by atoms with E-state index in [2.05, 4.69) is 5.73 Å². The van der Waals surface area contributed by atoms with Crippen LogP contribution in [0.3, 0.4) is 0 Å². The average Bonchev–Trinajstić information content (AvgIpc) is 2.04. The Hall–Kier alpha value is -1.06. The minimum Gasteiger partial charge on any atom is -0.550 e. The zero-order valence-electron chi connectivity index (χ0n) is 7.00. The van der Waals surface area contributed by atoms with E-state index in [1.54, 1.807) is 24.3 Å². The maximum absolute atomic E-state index is 10.3. The van der Waals surface area contributed by atoms with Crippen LogP contribution in [0.2, 0.25) is 5.02 Å². The molecule has 0 aromatic heterocycles. The highest BCUT2D eigenvalue weighted by Gasteiger charge is 2.08. The van der Waals surface area contributed by atoms with Crippen LogP contribution in [0.1, 0.15) is 18.0 Å². The fraction of sp³-hybridized carbons (Fsp3) is 0.222. The molecule has 0 saturated heterocycles. The number of hydrogen-bond acceptors (Lipinski definition) is 2. The monoisotopic (exact) mass is 199 g/mol. The Balaban J connectivity index is 2.71. The lowest BCUT2D eigenvalue weighted by Crippen LogP contribution is -2.55. The molecule has 1 aromatic rings. The molecule has 70 valence electrons. The third-order valence-electron chi connectivity index (χ3n) is 1.75. The number of benzene rings is 1. The molecular formula is C9H10ClNO2. The first-order valence-electron chi connectivity index (χ1n) is 3.88. The van der Waals surface area contributed by atoms with Crippen molar-refractivity contribution in [1.82, 2.24) is 0 Å². The molecule has 0 heterocycles. The van der Waals surface area contributed by atoms with E-state index < -0.39 is 5.97 Å². The summed E-state index contributed by atoms with van der Waals surface area (Å²) in [5, 5.41) is 10.9. The molecule has 0 radical (unpaired) electrons. The highest BCUT2D eigenvalue weighted by molar-refractivity contribution is 6.30. The van der Waals surface area contributed by atoms with Crippen LogP contribution < -0.4 is 10.8 Å². The van der Waals surface area contributed by atoms with Gasteiger partial charge >= 0.3 is 0 Å². The van der Waals surface area contributed by atoms with Crippen molar-refractivity contribution < 1.29 is 15.6 Å². The van der Waals surface area contributed by atoms with E-state index in [0.29, 0.717) is 5.02 Å². The fourth-order valence-corrected chi connectivity index (χ4v) is 1.18. The normalized spacial score (nSPS) is 12.5. The third-order valence-corrected chi connectivity index (χ3v) is 2.01. The quantitative estimate of drug-likeness (QED) is 0.730. The zero-order chi connectivity index (χ0) is 9.84. The molecule has 0 bridgehead atoms. The van der Waals surface area contributed by atoms with Crippen LogP contribution in [-0.4, -0.2) is 5.97 Å². The van der Waals surface area contributed by atoms with Crippen molar-refractivity contribution in [2.45, 2.75) is 12.5 Å². The molecule has 3 nitrogen and oxygen atoms in total. The van der Waals surface area contributed by atoms with Crippen LogP contribution in [0.5, 0.6) is 0 Å². The topological polar surface area (TPSA) is 67.8 Å². The first-order chi connectivity index (χ1) is 6.09. The van der Waals surface area contributed by atoms with Crippen molar-refractivity contribution in [1.29, 1.82) is 0 Å². The smallest absolute Gasteiger partial charge is 0.115 e. The van der Waals surface area contributed by atoms with E-state index in [1.807, 2.05) is 0 Å². The number of rotatable bonds is 3. The second kappa shape index (κ2) is 4.25. The van der Waals surface area contributed by atoms with Crippen LogP contribution in [0.25, 0.3) is 0 Å². The van der Waals surface area contributed by atoms with Crippen molar-refractivity contribution in [2.75, 3.05) is 0 Å². The molecule has 0 unspecified atom stereocenters. The van der Waals surface area contributed by atoms with Gasteiger partial charge in [-0.25, -0.2) is 0 Å². The van der Waals surface area contributed by atoms with Crippen LogP contribution in [0, 0.1) is 0 Å². The van der Waals surface area contributed by atoms with Crippen LogP contribution >= 0.6 is 11.6 Å². The molecule has 0 fully saturated rings. The van der Waals surface area contributed by atoms with Crippen molar-refractivity contribution in [3.8, 4) is 0 Å². The summed E-state index contributed by atoms with van der Waals surface area (Å²) in [6, 6.07) is 6.68. The van der Waals surface area contributed by atoms with Crippen molar-refractivity contribution in [3.63, 3.8) is 0 Å². The molecule has 0 saturated carbocycles. The van der Waals surface area contributed by atoms with Gasteiger partial charge in [0.1, 0.15) is 6.04 Å². The summed E-state index contributed by atoms with van der Waals surface area (Å²) >= 11 is 5.67. The number of carboxylic acids is 1. The van der Waals surface area contributed by atoms with Gasteiger partial charge in [-0.2, -0.15) is 0 Å². The number of hydrogen-bond donors (Lipinski definition) is 1. The Morgan fingerprint density at radius 1 is 1.46 bits per heavy atom. The molecular weight excluding hydrogens is 190 g/mol. The van der Waals surface area contributed by atoms with Crippen molar-refractivity contribution in [3.05, 3.63) is 34.9 Å². The molecule has 0 aliphatic rings. The van der Waals surface area contributed by atoms with Gasteiger partial charge < -0.3 is 15.6 Å². The number of carboxylic acid groups (broad SMARTS) is 1. The second-order valence-corrected chi connectivity index (χ2v) is 3.26. The van der Waals surface area contributed by atoms with Crippen LogP contribution in [-0.2, 0) is 4.79 Å². The lowest BCUT2D eigenvalue weighted by Gasteiger charge is -2.08. The minimum absolute atomic E-state index is 0.0678. The molecule has 3 N–H and O–H groups in total. The first-order valence-corrected chi connectivity index (χ1v) is 4.26. The molecule has 1 aromatic carbocycles. The molecule has 13 heavy (non-hydrogen) atoms. The minimum atomic E-state index is -1.09. The Morgan fingerprint density at radius 2 is 2.00 bits per heavy atom. The van der Waals surface area contributed by atoms with Crippen molar-refractivity contribution >= 4 is 17.6 Å². The van der Waals surface area contributed by atoms with Gasteiger partial charge in [0, 0.05) is 23.0 Å². The van der Waals surface area contributed by atoms with Gasteiger partial charge in [0.05, 0.1) is 0 Å². The maximum Gasteiger partial charge on any atom is 0.115 e. The van der Waals surface area contributed by atoms with E-state index >= 15 is 0 Å². The molecule has 0 aliphatic carbocycles. The Morgan fingerprint density at radius 3 is 2.46 bits per heavy atom. The summed E-state index contributed by atoms with van der Waals surface area (Å²) in [4.78, 5) is 10.3. The third kappa shape index (κ3) is 3.05. The summed E-state index contributed by atoms with van der Waals surface area (Å²) < 4.78 is 0. The van der Waals surface area contributed by atoms with Crippen molar-refractivity contribution in [2.24, 2.45) is 0 Å². The second-order valence-electron chi connectivity index (χ2n) is 2.82. The highest BCUT2D eigenvalue weighted by atomic mass is 35.5. The van der Waals surface area contributed by atoms with Gasteiger partial charge in [0.25, 0.3) is 0 Å². The first kappa shape index (κ1) is 10.0. The Labute approximate surface area is 81.1 Å². The van der Waals surface area contributed by atoms with E-state index in [0.717, 1.165) is 5.56 Å². The Bertz CT molecular complexity index is 297. The van der Waals surface area contributed by atoms with Crippen LogP contribution in [0.4, 0.5) is 0 Å². The van der Waals surface area contributed by atoms with E-state index in [9.17, 15) is 9.90 Å². The summed E-state index contributed by atoms with van der Waals surface area (Å²) in [6.07, 6.45) is -0.0678. The average molecular weight is 200 g/mol. The summed E-state index contributed by atoms with van der Waals surface area (Å²) in [7, 11) is 0. The maximum atomic E-state index is 10.3. The summed E-state index contributed by atoms with van der Waals surface area (Å²) in [5.74, 6) is -1.09. The molecule has 1 rings (SSSR count). The SMILES string of the molecule is [NH3+][C@H](CC(=O)[O-])c1ccc(Cl)cc1. The fourth-order valence-electron chi connectivity index (χ4n) is 1.05. The van der Waals surface area contributed by atoms with E-state index in [-0.39, 0.29) is 12.5 Å². The summed E-state index contributed by atoms with van der Waals surface area (Å²) in [5.41, 5.74) is 4.57. The summed E-state index contributed by atoms with van der Waals surface area (Å²) in [6.45, 7) is 0. The molecule has 0 aliphatic heterocycles. The number of quaternary nitrogens is 1. The van der Waals surface area contributed by atoms with Gasteiger partial charge in [0.15, 0.2) is 0 Å².